The van der Waals surface area contributed by atoms with Crippen molar-refractivity contribution in [3.63, 3.8) is 0 Å². The number of nitriles is 1. The zero-order valence-electron chi connectivity index (χ0n) is 8.33. The van der Waals surface area contributed by atoms with Crippen LogP contribution in [0.1, 0.15) is 12.5 Å². The molecule has 1 N–H and O–H groups in total. The van der Waals surface area contributed by atoms with Crippen LogP contribution in [-0.4, -0.2) is 5.91 Å². The highest BCUT2D eigenvalue weighted by Crippen LogP contribution is 2.14. The van der Waals surface area contributed by atoms with Crippen molar-refractivity contribution in [3.05, 3.63) is 34.9 Å². The highest BCUT2D eigenvalue weighted by molar-refractivity contribution is 6.31. The van der Waals surface area contributed by atoms with Crippen molar-refractivity contribution in [2.45, 2.75) is 13.5 Å². The summed E-state index contributed by atoms with van der Waals surface area (Å²) in [6.07, 6.45) is 0. The first-order chi connectivity index (χ1) is 7.15. The maximum atomic E-state index is 11.3. The molecule has 0 saturated carbocycles. The van der Waals surface area contributed by atoms with Crippen molar-refractivity contribution >= 4 is 17.5 Å². The monoisotopic (exact) mass is 222 g/mol. The van der Waals surface area contributed by atoms with Crippen LogP contribution in [0.3, 0.4) is 0 Å². The van der Waals surface area contributed by atoms with Crippen LogP contribution in [0.15, 0.2) is 24.3 Å². The Labute approximate surface area is 93.7 Å². The van der Waals surface area contributed by atoms with Crippen molar-refractivity contribution < 1.29 is 4.79 Å². The van der Waals surface area contributed by atoms with Gasteiger partial charge in [-0.2, -0.15) is 5.26 Å². The Balaban J connectivity index is 2.55. The maximum absolute atomic E-state index is 11.3. The molecule has 78 valence electrons. The molecule has 0 heterocycles. The average Bonchev–Trinajstić information content (AvgIpc) is 2.26. The van der Waals surface area contributed by atoms with Crippen molar-refractivity contribution in [1.29, 1.82) is 5.26 Å². The molecule has 0 spiro atoms. The molecule has 1 unspecified atom stereocenters. The third-order valence-electron chi connectivity index (χ3n) is 2.00. The van der Waals surface area contributed by atoms with Crippen molar-refractivity contribution in [3.8, 4) is 6.07 Å². The summed E-state index contributed by atoms with van der Waals surface area (Å²) in [4.78, 5) is 11.3. The minimum absolute atomic E-state index is 0.280. The fraction of sp³-hybridized carbons (Fsp3) is 0.273. The Morgan fingerprint density at radius 3 is 2.87 bits per heavy atom. The van der Waals surface area contributed by atoms with E-state index in [0.29, 0.717) is 11.6 Å². The molecule has 4 heteroatoms. The predicted molar refractivity (Wildman–Crippen MR) is 58.1 cm³/mol. The summed E-state index contributed by atoms with van der Waals surface area (Å²) in [5.74, 6) is -0.912. The van der Waals surface area contributed by atoms with Crippen LogP contribution in [0.25, 0.3) is 0 Å². The summed E-state index contributed by atoms with van der Waals surface area (Å²) in [6.45, 7) is 1.91. The van der Waals surface area contributed by atoms with E-state index in [4.69, 9.17) is 16.9 Å². The predicted octanol–water partition coefficient (Wildman–Crippen LogP) is 2.12. The van der Waals surface area contributed by atoms with Crippen LogP contribution in [0.2, 0.25) is 5.02 Å². The molecule has 0 fully saturated rings. The van der Waals surface area contributed by atoms with Gasteiger partial charge in [0, 0.05) is 11.6 Å². The molecular formula is C11H11ClN2O. The number of benzene rings is 1. The van der Waals surface area contributed by atoms with E-state index < -0.39 is 5.92 Å². The average molecular weight is 223 g/mol. The van der Waals surface area contributed by atoms with Gasteiger partial charge in [0.15, 0.2) is 0 Å². The number of nitrogens with one attached hydrogen (secondary N) is 1. The third kappa shape index (κ3) is 3.26. The lowest BCUT2D eigenvalue weighted by molar-refractivity contribution is -0.123. The number of hydrogen-bond donors (Lipinski definition) is 1. The SMILES string of the molecule is CC(C#N)C(=O)NCc1ccccc1Cl. The first-order valence-electron chi connectivity index (χ1n) is 4.56. The van der Waals surface area contributed by atoms with Gasteiger partial charge in [-0.15, -0.1) is 0 Å². The first kappa shape index (κ1) is 11.5. The molecule has 0 bridgehead atoms. The summed E-state index contributed by atoms with van der Waals surface area (Å²) in [5, 5.41) is 11.8. The van der Waals surface area contributed by atoms with Gasteiger partial charge in [-0.1, -0.05) is 29.8 Å². The summed E-state index contributed by atoms with van der Waals surface area (Å²) >= 11 is 5.90. The molecule has 0 aliphatic heterocycles. The normalized spacial score (nSPS) is 11.5. The van der Waals surface area contributed by atoms with E-state index in [-0.39, 0.29) is 5.91 Å². The molecule has 0 aliphatic rings. The number of carbonyl (C=O) groups is 1. The lowest BCUT2D eigenvalue weighted by Crippen LogP contribution is -2.27. The first-order valence-corrected chi connectivity index (χ1v) is 4.93. The van der Waals surface area contributed by atoms with Gasteiger partial charge in [0.25, 0.3) is 0 Å². The summed E-state index contributed by atoms with van der Waals surface area (Å²) < 4.78 is 0. The second-order valence-electron chi connectivity index (χ2n) is 3.16. The molecule has 0 saturated heterocycles. The van der Waals surface area contributed by atoms with Gasteiger partial charge in [0.05, 0.1) is 6.07 Å². The Kier molecular flexibility index (Phi) is 4.14. The number of rotatable bonds is 3. The zero-order valence-corrected chi connectivity index (χ0v) is 9.08. The number of hydrogen-bond acceptors (Lipinski definition) is 2. The number of carbonyl (C=O) groups excluding carboxylic acids is 1. The van der Waals surface area contributed by atoms with Gasteiger partial charge >= 0.3 is 0 Å². The van der Waals surface area contributed by atoms with Gasteiger partial charge < -0.3 is 5.32 Å². The molecule has 1 aromatic rings. The summed E-state index contributed by atoms with van der Waals surface area (Å²) in [7, 11) is 0. The fourth-order valence-corrected chi connectivity index (χ4v) is 1.24. The van der Waals surface area contributed by atoms with Crippen LogP contribution in [-0.2, 0) is 11.3 Å². The van der Waals surface area contributed by atoms with E-state index in [9.17, 15) is 4.79 Å². The van der Waals surface area contributed by atoms with E-state index in [1.54, 1.807) is 13.0 Å². The van der Waals surface area contributed by atoms with E-state index in [0.717, 1.165) is 5.56 Å². The molecule has 0 aliphatic carbocycles. The van der Waals surface area contributed by atoms with Crippen LogP contribution >= 0.6 is 11.6 Å². The van der Waals surface area contributed by atoms with Gasteiger partial charge in [-0.05, 0) is 18.6 Å². The Morgan fingerprint density at radius 2 is 2.27 bits per heavy atom. The third-order valence-corrected chi connectivity index (χ3v) is 2.37. The van der Waals surface area contributed by atoms with Crippen LogP contribution in [0.4, 0.5) is 0 Å². The number of halogens is 1. The Bertz CT molecular complexity index is 398. The minimum Gasteiger partial charge on any atom is -0.351 e. The van der Waals surface area contributed by atoms with Crippen LogP contribution < -0.4 is 5.32 Å². The smallest absolute Gasteiger partial charge is 0.237 e. The quantitative estimate of drug-likeness (QED) is 0.852. The second kappa shape index (κ2) is 5.38. The van der Waals surface area contributed by atoms with Crippen LogP contribution in [0.5, 0.6) is 0 Å². The number of amides is 1. The van der Waals surface area contributed by atoms with E-state index in [1.165, 1.54) is 0 Å². The zero-order chi connectivity index (χ0) is 11.3. The number of nitrogens with zero attached hydrogens (tertiary/aromatic N) is 1. The van der Waals surface area contributed by atoms with Crippen molar-refractivity contribution in [2.75, 3.05) is 0 Å². The fourth-order valence-electron chi connectivity index (χ4n) is 1.04. The molecule has 1 aromatic carbocycles. The van der Waals surface area contributed by atoms with Gasteiger partial charge in [-0.25, -0.2) is 0 Å². The molecule has 0 radical (unpaired) electrons. The van der Waals surface area contributed by atoms with Crippen LogP contribution in [0, 0.1) is 17.2 Å². The maximum Gasteiger partial charge on any atom is 0.237 e. The van der Waals surface area contributed by atoms with Gasteiger partial charge in [0.1, 0.15) is 5.92 Å². The van der Waals surface area contributed by atoms with Gasteiger partial charge in [0.2, 0.25) is 5.91 Å². The molecule has 1 atom stereocenters. The van der Waals surface area contributed by atoms with Crippen molar-refractivity contribution in [2.24, 2.45) is 5.92 Å². The molecule has 3 nitrogen and oxygen atoms in total. The lowest BCUT2D eigenvalue weighted by atomic mass is 10.2. The molecule has 0 aromatic heterocycles. The molecular weight excluding hydrogens is 212 g/mol. The topological polar surface area (TPSA) is 52.9 Å². The van der Waals surface area contributed by atoms with E-state index in [1.807, 2.05) is 24.3 Å². The highest BCUT2D eigenvalue weighted by Gasteiger charge is 2.10. The standard InChI is InChI=1S/C11H11ClN2O/c1-8(6-13)11(15)14-7-9-4-2-3-5-10(9)12/h2-5,8H,7H2,1H3,(H,14,15). The van der Waals surface area contributed by atoms with E-state index >= 15 is 0 Å². The van der Waals surface area contributed by atoms with Gasteiger partial charge in [-0.3, -0.25) is 4.79 Å². The Morgan fingerprint density at radius 1 is 1.60 bits per heavy atom. The largest absolute Gasteiger partial charge is 0.351 e. The lowest BCUT2D eigenvalue weighted by Gasteiger charge is -2.07. The molecule has 1 rings (SSSR count). The molecule has 1 amide bonds. The Hall–Kier alpha value is -1.53. The van der Waals surface area contributed by atoms with E-state index in [2.05, 4.69) is 5.32 Å². The second-order valence-corrected chi connectivity index (χ2v) is 3.57. The molecule has 15 heavy (non-hydrogen) atoms. The van der Waals surface area contributed by atoms with Crippen molar-refractivity contribution in [1.82, 2.24) is 5.32 Å². The summed E-state index contributed by atoms with van der Waals surface area (Å²) in [6, 6.07) is 9.14. The summed E-state index contributed by atoms with van der Waals surface area (Å²) in [5.41, 5.74) is 0.845. The highest BCUT2D eigenvalue weighted by atomic mass is 35.5. The minimum atomic E-state index is -0.632.